The lowest BCUT2D eigenvalue weighted by molar-refractivity contribution is 0.0698. The number of halogens is 1. The van der Waals surface area contributed by atoms with Crippen LogP contribution in [0.15, 0.2) is 24.4 Å². The van der Waals surface area contributed by atoms with E-state index in [0.717, 1.165) is 0 Å². The molecule has 0 radical (unpaired) electrons. The molecule has 0 atom stereocenters. The van der Waals surface area contributed by atoms with Crippen LogP contribution in [0, 0.1) is 6.92 Å². The SMILES string of the molecule is Cc1nn(-c2cccc(C(=O)O)c2N)cc1Cl. The van der Waals surface area contributed by atoms with E-state index in [2.05, 4.69) is 5.10 Å². The number of aromatic carboxylic acids is 1. The van der Waals surface area contributed by atoms with E-state index in [4.69, 9.17) is 22.4 Å². The Bertz CT molecular complexity index is 573. The highest BCUT2D eigenvalue weighted by Gasteiger charge is 2.13. The average molecular weight is 252 g/mol. The summed E-state index contributed by atoms with van der Waals surface area (Å²) >= 11 is 5.89. The molecule has 0 bridgehead atoms. The quantitative estimate of drug-likeness (QED) is 0.801. The monoisotopic (exact) mass is 251 g/mol. The summed E-state index contributed by atoms with van der Waals surface area (Å²) in [5.74, 6) is -1.07. The van der Waals surface area contributed by atoms with Gasteiger partial charge in [-0.2, -0.15) is 5.10 Å². The van der Waals surface area contributed by atoms with Crippen molar-refractivity contribution >= 4 is 23.3 Å². The minimum atomic E-state index is -1.07. The van der Waals surface area contributed by atoms with E-state index in [0.29, 0.717) is 16.4 Å². The maximum absolute atomic E-state index is 10.9. The fourth-order valence-electron chi connectivity index (χ4n) is 1.50. The van der Waals surface area contributed by atoms with Gasteiger partial charge < -0.3 is 10.8 Å². The third-order valence-corrected chi connectivity index (χ3v) is 2.77. The number of carbonyl (C=O) groups is 1. The van der Waals surface area contributed by atoms with E-state index in [9.17, 15) is 4.79 Å². The molecule has 0 aliphatic rings. The minimum absolute atomic E-state index is 0.0479. The molecular formula is C11H10ClN3O2. The predicted molar refractivity (Wildman–Crippen MR) is 64.7 cm³/mol. The number of hydrogen-bond donors (Lipinski definition) is 2. The fraction of sp³-hybridized carbons (Fsp3) is 0.0909. The summed E-state index contributed by atoms with van der Waals surface area (Å²) in [4.78, 5) is 10.9. The van der Waals surface area contributed by atoms with Crippen LogP contribution in [0.2, 0.25) is 5.02 Å². The second-order valence-electron chi connectivity index (χ2n) is 3.55. The molecule has 1 heterocycles. The number of carboxylic acids is 1. The Labute approximate surface area is 102 Å². The second-order valence-corrected chi connectivity index (χ2v) is 3.96. The van der Waals surface area contributed by atoms with Gasteiger partial charge in [0.2, 0.25) is 0 Å². The summed E-state index contributed by atoms with van der Waals surface area (Å²) in [6, 6.07) is 4.74. The summed E-state index contributed by atoms with van der Waals surface area (Å²) in [6.45, 7) is 1.76. The van der Waals surface area contributed by atoms with E-state index >= 15 is 0 Å². The van der Waals surface area contributed by atoms with Crippen molar-refractivity contribution in [1.29, 1.82) is 0 Å². The van der Waals surface area contributed by atoms with Gasteiger partial charge in [-0.05, 0) is 19.1 Å². The average Bonchev–Trinajstić information content (AvgIpc) is 2.59. The minimum Gasteiger partial charge on any atom is -0.478 e. The third kappa shape index (κ3) is 1.97. The van der Waals surface area contributed by atoms with Crippen molar-refractivity contribution in [1.82, 2.24) is 9.78 Å². The van der Waals surface area contributed by atoms with Crippen LogP contribution in [0.1, 0.15) is 16.1 Å². The molecule has 0 saturated carbocycles. The zero-order valence-electron chi connectivity index (χ0n) is 9.01. The first-order valence-corrected chi connectivity index (χ1v) is 5.22. The van der Waals surface area contributed by atoms with Gasteiger partial charge in [0.15, 0.2) is 0 Å². The van der Waals surface area contributed by atoms with Crippen molar-refractivity contribution in [3.05, 3.63) is 40.7 Å². The van der Waals surface area contributed by atoms with E-state index in [-0.39, 0.29) is 11.3 Å². The predicted octanol–water partition coefficient (Wildman–Crippen LogP) is 2.11. The number of aromatic nitrogens is 2. The van der Waals surface area contributed by atoms with Crippen LogP contribution >= 0.6 is 11.6 Å². The molecule has 1 aromatic carbocycles. The Hall–Kier alpha value is -2.01. The van der Waals surface area contributed by atoms with Gasteiger partial charge in [0.1, 0.15) is 0 Å². The lowest BCUT2D eigenvalue weighted by atomic mass is 10.1. The molecule has 6 heteroatoms. The van der Waals surface area contributed by atoms with Gasteiger partial charge >= 0.3 is 5.97 Å². The standard InChI is InChI=1S/C11H10ClN3O2/c1-6-8(12)5-15(14-6)9-4-2-3-7(10(9)13)11(16)17/h2-5H,13H2,1H3,(H,16,17). The van der Waals surface area contributed by atoms with Gasteiger partial charge in [-0.1, -0.05) is 17.7 Å². The smallest absolute Gasteiger partial charge is 0.337 e. The Morgan fingerprint density at radius 2 is 2.24 bits per heavy atom. The van der Waals surface area contributed by atoms with Gasteiger partial charge in [-0.15, -0.1) is 0 Å². The molecule has 0 fully saturated rings. The molecule has 2 aromatic rings. The third-order valence-electron chi connectivity index (χ3n) is 2.40. The van der Waals surface area contributed by atoms with E-state index in [1.807, 2.05) is 0 Å². The van der Waals surface area contributed by atoms with Crippen LogP contribution in [0.25, 0.3) is 5.69 Å². The first kappa shape index (κ1) is 11.5. The van der Waals surface area contributed by atoms with Crippen LogP contribution in [0.5, 0.6) is 0 Å². The highest BCUT2D eigenvalue weighted by atomic mass is 35.5. The van der Waals surface area contributed by atoms with Gasteiger partial charge in [0.25, 0.3) is 0 Å². The Morgan fingerprint density at radius 1 is 1.53 bits per heavy atom. The summed E-state index contributed by atoms with van der Waals surface area (Å²) < 4.78 is 1.47. The Morgan fingerprint density at radius 3 is 2.76 bits per heavy atom. The first-order chi connectivity index (χ1) is 8.00. The maximum atomic E-state index is 10.9. The van der Waals surface area contributed by atoms with Crippen LogP contribution in [0.4, 0.5) is 5.69 Å². The molecule has 0 aliphatic carbocycles. The topological polar surface area (TPSA) is 81.1 Å². The van der Waals surface area contributed by atoms with Gasteiger partial charge in [0.05, 0.1) is 27.7 Å². The number of aryl methyl sites for hydroxylation is 1. The van der Waals surface area contributed by atoms with Crippen molar-refractivity contribution in [2.45, 2.75) is 6.92 Å². The Balaban J connectivity index is 2.60. The normalized spacial score (nSPS) is 10.5. The lowest BCUT2D eigenvalue weighted by Gasteiger charge is -2.07. The van der Waals surface area contributed by atoms with Gasteiger partial charge in [-0.25, -0.2) is 9.48 Å². The molecule has 0 spiro atoms. The molecule has 3 N–H and O–H groups in total. The zero-order valence-corrected chi connectivity index (χ0v) is 9.77. The second kappa shape index (κ2) is 4.10. The molecule has 0 unspecified atom stereocenters. The van der Waals surface area contributed by atoms with E-state index in [1.165, 1.54) is 10.7 Å². The van der Waals surface area contributed by atoms with E-state index < -0.39 is 5.97 Å². The summed E-state index contributed by atoms with van der Waals surface area (Å²) in [5.41, 5.74) is 7.16. The molecule has 88 valence electrons. The van der Waals surface area contributed by atoms with Crippen molar-refractivity contribution in [2.75, 3.05) is 5.73 Å². The van der Waals surface area contributed by atoms with Crippen molar-refractivity contribution < 1.29 is 9.90 Å². The number of nitrogens with two attached hydrogens (primary N) is 1. The molecular weight excluding hydrogens is 242 g/mol. The number of rotatable bonds is 2. The number of nitrogen functional groups attached to an aromatic ring is 1. The molecule has 0 aliphatic heterocycles. The molecule has 0 amide bonds. The number of nitrogens with zero attached hydrogens (tertiary/aromatic N) is 2. The van der Waals surface area contributed by atoms with Crippen LogP contribution in [-0.4, -0.2) is 20.9 Å². The van der Waals surface area contributed by atoms with Crippen molar-refractivity contribution in [2.24, 2.45) is 0 Å². The van der Waals surface area contributed by atoms with E-state index in [1.54, 1.807) is 25.3 Å². The van der Waals surface area contributed by atoms with Crippen LogP contribution in [-0.2, 0) is 0 Å². The summed E-state index contributed by atoms with van der Waals surface area (Å²) in [7, 11) is 0. The largest absolute Gasteiger partial charge is 0.478 e. The summed E-state index contributed by atoms with van der Waals surface area (Å²) in [6.07, 6.45) is 1.59. The van der Waals surface area contributed by atoms with Crippen molar-refractivity contribution in [3.8, 4) is 5.69 Å². The maximum Gasteiger partial charge on any atom is 0.337 e. The van der Waals surface area contributed by atoms with Crippen LogP contribution < -0.4 is 5.73 Å². The Kier molecular flexibility index (Phi) is 2.77. The highest BCUT2D eigenvalue weighted by Crippen LogP contribution is 2.23. The number of anilines is 1. The lowest BCUT2D eigenvalue weighted by Crippen LogP contribution is -2.07. The molecule has 1 aromatic heterocycles. The van der Waals surface area contributed by atoms with Gasteiger partial charge in [0, 0.05) is 6.20 Å². The summed E-state index contributed by atoms with van der Waals surface area (Å²) in [5, 5.41) is 13.6. The molecule has 0 saturated heterocycles. The fourth-order valence-corrected chi connectivity index (χ4v) is 1.63. The molecule has 17 heavy (non-hydrogen) atoms. The number of carboxylic acid groups (broad SMARTS) is 1. The number of benzene rings is 1. The first-order valence-electron chi connectivity index (χ1n) is 4.84. The van der Waals surface area contributed by atoms with Crippen molar-refractivity contribution in [3.63, 3.8) is 0 Å². The number of para-hydroxylation sites is 1. The highest BCUT2D eigenvalue weighted by molar-refractivity contribution is 6.31. The number of hydrogen-bond acceptors (Lipinski definition) is 3. The zero-order chi connectivity index (χ0) is 12.6. The molecule has 5 nitrogen and oxygen atoms in total. The van der Waals surface area contributed by atoms with Crippen LogP contribution in [0.3, 0.4) is 0 Å². The van der Waals surface area contributed by atoms with Gasteiger partial charge in [-0.3, -0.25) is 0 Å². The molecule has 2 rings (SSSR count).